The molecule has 0 amide bonds. The van der Waals surface area contributed by atoms with E-state index in [4.69, 9.17) is 4.74 Å². The summed E-state index contributed by atoms with van der Waals surface area (Å²) >= 11 is 0. The molecule has 4 heteroatoms. The summed E-state index contributed by atoms with van der Waals surface area (Å²) in [5, 5.41) is 0. The molecule has 0 aliphatic heterocycles. The van der Waals surface area contributed by atoms with Crippen molar-refractivity contribution in [2.75, 3.05) is 14.2 Å². The summed E-state index contributed by atoms with van der Waals surface area (Å²) in [6, 6.07) is 0. The first-order valence-electron chi connectivity index (χ1n) is 5.08. The number of carbonyl (C=O) groups excluding carboxylic acids is 2. The molecule has 0 aromatic heterocycles. The minimum Gasteiger partial charge on any atom is -0.469 e. The Bertz CT molecular complexity index is 270. The van der Waals surface area contributed by atoms with E-state index < -0.39 is 0 Å². The van der Waals surface area contributed by atoms with Gasteiger partial charge in [-0.1, -0.05) is 13.8 Å². The quantitative estimate of drug-likeness (QED) is 0.666. The summed E-state index contributed by atoms with van der Waals surface area (Å²) in [6.45, 7) is 3.98. The Kier molecular flexibility index (Phi) is 3.37. The first kappa shape index (κ1) is 12.0. The van der Waals surface area contributed by atoms with E-state index in [-0.39, 0.29) is 29.2 Å². The maximum absolute atomic E-state index is 11.4. The second kappa shape index (κ2) is 4.21. The van der Waals surface area contributed by atoms with Crippen LogP contribution in [-0.4, -0.2) is 26.2 Å². The van der Waals surface area contributed by atoms with Crippen molar-refractivity contribution >= 4 is 11.9 Å². The highest BCUT2D eigenvalue weighted by atomic mass is 16.5. The summed E-state index contributed by atoms with van der Waals surface area (Å²) in [5.41, 5.74) is -0.165. The zero-order valence-corrected chi connectivity index (χ0v) is 9.70. The van der Waals surface area contributed by atoms with Crippen molar-refractivity contribution in [3.63, 3.8) is 0 Å². The summed E-state index contributed by atoms with van der Waals surface area (Å²) in [5.74, 6) is -0.260. The van der Waals surface area contributed by atoms with Crippen LogP contribution in [0, 0.1) is 17.3 Å². The Hall–Kier alpha value is -1.06. The summed E-state index contributed by atoms with van der Waals surface area (Å²) in [4.78, 5) is 22.5. The average Bonchev–Trinajstić information content (AvgIpc) is 2.22. The number of ether oxygens (including phenoxy) is 2. The van der Waals surface area contributed by atoms with Crippen molar-refractivity contribution in [1.29, 1.82) is 0 Å². The molecule has 1 rings (SSSR count). The molecule has 0 heterocycles. The fraction of sp³-hybridized carbons (Fsp3) is 0.818. The number of esters is 2. The minimum atomic E-state index is -0.212. The fourth-order valence-corrected chi connectivity index (χ4v) is 2.19. The largest absolute Gasteiger partial charge is 0.469 e. The van der Waals surface area contributed by atoms with E-state index in [1.54, 1.807) is 0 Å². The van der Waals surface area contributed by atoms with E-state index in [2.05, 4.69) is 4.74 Å². The maximum Gasteiger partial charge on any atom is 0.309 e. The van der Waals surface area contributed by atoms with Crippen molar-refractivity contribution in [1.82, 2.24) is 0 Å². The van der Waals surface area contributed by atoms with E-state index in [0.29, 0.717) is 6.42 Å². The number of hydrogen-bond donors (Lipinski definition) is 0. The average molecular weight is 214 g/mol. The molecule has 0 N–H and O–H groups in total. The van der Waals surface area contributed by atoms with Crippen LogP contribution in [0.25, 0.3) is 0 Å². The third-order valence-electron chi connectivity index (χ3n) is 3.60. The molecule has 0 spiro atoms. The molecule has 1 aliphatic rings. The molecular weight excluding hydrogens is 196 g/mol. The van der Waals surface area contributed by atoms with Gasteiger partial charge in [0.05, 0.1) is 20.1 Å². The van der Waals surface area contributed by atoms with Crippen LogP contribution in [0.5, 0.6) is 0 Å². The van der Waals surface area contributed by atoms with E-state index in [1.165, 1.54) is 14.2 Å². The first-order valence-corrected chi connectivity index (χ1v) is 5.08. The van der Waals surface area contributed by atoms with Crippen LogP contribution in [-0.2, 0) is 19.1 Å². The number of rotatable bonds is 3. The van der Waals surface area contributed by atoms with E-state index in [1.807, 2.05) is 13.8 Å². The van der Waals surface area contributed by atoms with Gasteiger partial charge in [-0.2, -0.15) is 0 Å². The molecule has 4 nitrogen and oxygen atoms in total. The smallest absolute Gasteiger partial charge is 0.309 e. The lowest BCUT2D eigenvalue weighted by atomic mass is 9.54. The lowest BCUT2D eigenvalue weighted by Gasteiger charge is -2.50. The SMILES string of the molecule is COC(=O)C[C@H]1C[C@H](C(=O)OC)C1(C)C. The Morgan fingerprint density at radius 3 is 2.27 bits per heavy atom. The molecule has 0 unspecified atom stereocenters. The Morgan fingerprint density at radius 2 is 1.87 bits per heavy atom. The molecule has 0 radical (unpaired) electrons. The van der Waals surface area contributed by atoms with Gasteiger partial charge in [0, 0.05) is 6.42 Å². The van der Waals surface area contributed by atoms with Crippen molar-refractivity contribution in [3.8, 4) is 0 Å². The molecular formula is C11H18O4. The molecule has 1 fully saturated rings. The van der Waals surface area contributed by atoms with Gasteiger partial charge in [0.25, 0.3) is 0 Å². The highest BCUT2D eigenvalue weighted by Crippen LogP contribution is 2.53. The lowest BCUT2D eigenvalue weighted by molar-refractivity contribution is -0.167. The number of carbonyl (C=O) groups is 2. The highest BCUT2D eigenvalue weighted by Gasteiger charge is 2.52. The van der Waals surface area contributed by atoms with Gasteiger partial charge in [-0.15, -0.1) is 0 Å². The van der Waals surface area contributed by atoms with E-state index in [9.17, 15) is 9.59 Å². The minimum absolute atomic E-state index is 0.0860. The third-order valence-corrected chi connectivity index (χ3v) is 3.60. The monoisotopic (exact) mass is 214 g/mol. The number of hydrogen-bond acceptors (Lipinski definition) is 4. The predicted octanol–water partition coefficient (Wildman–Crippen LogP) is 1.38. The van der Waals surface area contributed by atoms with Gasteiger partial charge in [-0.25, -0.2) is 0 Å². The molecule has 2 atom stereocenters. The molecule has 86 valence electrons. The van der Waals surface area contributed by atoms with Crippen molar-refractivity contribution in [2.45, 2.75) is 26.7 Å². The fourth-order valence-electron chi connectivity index (χ4n) is 2.19. The van der Waals surface area contributed by atoms with Crippen LogP contribution in [0.4, 0.5) is 0 Å². The van der Waals surface area contributed by atoms with Crippen LogP contribution in [0.3, 0.4) is 0 Å². The summed E-state index contributed by atoms with van der Waals surface area (Å²) < 4.78 is 9.33. The van der Waals surface area contributed by atoms with E-state index >= 15 is 0 Å². The molecule has 0 saturated heterocycles. The first-order chi connectivity index (χ1) is 6.93. The Morgan fingerprint density at radius 1 is 1.27 bits per heavy atom. The Labute approximate surface area is 89.9 Å². The van der Waals surface area contributed by atoms with Gasteiger partial charge in [0.2, 0.25) is 0 Å². The van der Waals surface area contributed by atoms with Crippen molar-refractivity contribution < 1.29 is 19.1 Å². The zero-order chi connectivity index (χ0) is 11.6. The van der Waals surface area contributed by atoms with E-state index in [0.717, 1.165) is 6.42 Å². The topological polar surface area (TPSA) is 52.6 Å². The highest BCUT2D eigenvalue weighted by molar-refractivity contribution is 5.76. The van der Waals surface area contributed by atoms with Gasteiger partial charge >= 0.3 is 11.9 Å². The molecule has 0 bridgehead atoms. The van der Waals surface area contributed by atoms with Crippen LogP contribution < -0.4 is 0 Å². The number of methoxy groups -OCH3 is 2. The molecule has 0 aromatic rings. The van der Waals surface area contributed by atoms with Gasteiger partial charge in [0.15, 0.2) is 0 Å². The van der Waals surface area contributed by atoms with Crippen LogP contribution in [0.2, 0.25) is 0 Å². The molecule has 1 aliphatic carbocycles. The standard InChI is InChI=1S/C11H18O4/c1-11(2)7(6-9(12)14-3)5-8(11)10(13)15-4/h7-8H,5-6H2,1-4H3/t7-,8-/m1/s1. The summed E-state index contributed by atoms with van der Waals surface area (Å²) in [7, 11) is 2.78. The van der Waals surface area contributed by atoms with Crippen molar-refractivity contribution in [2.24, 2.45) is 17.3 Å². The van der Waals surface area contributed by atoms with Gasteiger partial charge in [-0.3, -0.25) is 9.59 Å². The lowest BCUT2D eigenvalue weighted by Crippen LogP contribution is -2.49. The predicted molar refractivity (Wildman–Crippen MR) is 54.0 cm³/mol. The third kappa shape index (κ3) is 2.13. The maximum atomic E-state index is 11.4. The van der Waals surface area contributed by atoms with Gasteiger partial charge in [-0.05, 0) is 17.8 Å². The molecule has 1 saturated carbocycles. The van der Waals surface area contributed by atoms with Gasteiger partial charge < -0.3 is 9.47 Å². The normalized spacial score (nSPS) is 27.7. The second-order valence-corrected chi connectivity index (χ2v) is 4.61. The van der Waals surface area contributed by atoms with Crippen LogP contribution in [0.15, 0.2) is 0 Å². The van der Waals surface area contributed by atoms with Crippen LogP contribution >= 0.6 is 0 Å². The Balaban J connectivity index is 2.55. The summed E-state index contributed by atoms with van der Waals surface area (Å²) in [6.07, 6.45) is 1.10. The van der Waals surface area contributed by atoms with Crippen molar-refractivity contribution in [3.05, 3.63) is 0 Å². The zero-order valence-electron chi connectivity index (χ0n) is 9.70. The molecule has 0 aromatic carbocycles. The van der Waals surface area contributed by atoms with Gasteiger partial charge in [0.1, 0.15) is 0 Å². The van der Waals surface area contributed by atoms with Crippen LogP contribution in [0.1, 0.15) is 26.7 Å². The molecule has 15 heavy (non-hydrogen) atoms. The second-order valence-electron chi connectivity index (χ2n) is 4.61.